The largest absolute Gasteiger partial charge is 0.484 e. The number of benzene rings is 2. The lowest BCUT2D eigenvalue weighted by atomic mass is 10.1. The number of nitrogens with zero attached hydrogens (tertiary/aromatic N) is 1. The van der Waals surface area contributed by atoms with E-state index in [1.54, 1.807) is 25.1 Å². The van der Waals surface area contributed by atoms with Gasteiger partial charge in [-0.1, -0.05) is 46.6 Å². The van der Waals surface area contributed by atoms with Crippen LogP contribution in [0.3, 0.4) is 0 Å². The van der Waals surface area contributed by atoms with Gasteiger partial charge in [0.15, 0.2) is 6.61 Å². The van der Waals surface area contributed by atoms with E-state index in [2.05, 4.69) is 21.2 Å². The number of carbonyl (C=O) groups excluding carboxylic acids is 2. The van der Waals surface area contributed by atoms with E-state index in [4.69, 9.17) is 16.3 Å². The number of aryl methyl sites for hydroxylation is 1. The van der Waals surface area contributed by atoms with Crippen LogP contribution < -0.4 is 10.1 Å². The first-order valence-electron chi connectivity index (χ1n) is 9.52. The van der Waals surface area contributed by atoms with Crippen molar-refractivity contribution in [3.8, 4) is 5.75 Å². The monoisotopic (exact) mass is 480 g/mol. The fourth-order valence-electron chi connectivity index (χ4n) is 2.70. The van der Waals surface area contributed by atoms with Gasteiger partial charge in [0.05, 0.1) is 0 Å². The van der Waals surface area contributed by atoms with Gasteiger partial charge in [-0.15, -0.1) is 0 Å². The van der Waals surface area contributed by atoms with Crippen molar-refractivity contribution in [2.45, 2.75) is 39.8 Å². The van der Waals surface area contributed by atoms with E-state index in [-0.39, 0.29) is 18.4 Å². The first-order chi connectivity index (χ1) is 13.8. The Bertz CT molecular complexity index is 842. The van der Waals surface area contributed by atoms with Crippen molar-refractivity contribution in [1.29, 1.82) is 0 Å². The highest BCUT2D eigenvalue weighted by molar-refractivity contribution is 9.10. The fourth-order valence-corrected chi connectivity index (χ4v) is 3.07. The van der Waals surface area contributed by atoms with Crippen LogP contribution in [0.5, 0.6) is 5.75 Å². The molecule has 2 aromatic rings. The molecule has 0 aromatic heterocycles. The third-order valence-corrected chi connectivity index (χ3v) is 5.62. The molecule has 0 aliphatic heterocycles. The van der Waals surface area contributed by atoms with Crippen molar-refractivity contribution < 1.29 is 14.3 Å². The molecule has 0 saturated carbocycles. The summed E-state index contributed by atoms with van der Waals surface area (Å²) in [6.07, 6.45) is 0.829. The number of ether oxygens (including phenoxy) is 1. The van der Waals surface area contributed by atoms with Crippen molar-refractivity contribution in [3.63, 3.8) is 0 Å². The molecule has 0 saturated heterocycles. The van der Waals surface area contributed by atoms with Crippen LogP contribution in [0.15, 0.2) is 46.9 Å². The lowest BCUT2D eigenvalue weighted by molar-refractivity contribution is -0.142. The lowest BCUT2D eigenvalue weighted by Gasteiger charge is -2.28. The van der Waals surface area contributed by atoms with Gasteiger partial charge in [0.1, 0.15) is 11.8 Å². The second kappa shape index (κ2) is 11.2. The topological polar surface area (TPSA) is 58.6 Å². The van der Waals surface area contributed by atoms with Crippen LogP contribution in [0.25, 0.3) is 0 Å². The molecule has 5 nitrogen and oxygen atoms in total. The van der Waals surface area contributed by atoms with Crippen molar-refractivity contribution in [1.82, 2.24) is 10.2 Å². The summed E-state index contributed by atoms with van der Waals surface area (Å²) < 4.78 is 6.66. The summed E-state index contributed by atoms with van der Waals surface area (Å²) >= 11 is 9.40. The minimum absolute atomic E-state index is 0.153. The standard InChI is InChI=1S/C22H26BrClN2O3/c1-4-11-25-22(28)16(3)26(13-17-5-7-18(24)8-6-17)21(27)14-29-19-9-10-20(23)15(2)12-19/h5-10,12,16H,4,11,13-14H2,1-3H3,(H,25,28)/t16-/m0/s1. The maximum absolute atomic E-state index is 12.9. The van der Waals surface area contributed by atoms with Crippen molar-refractivity contribution in [2.24, 2.45) is 0 Å². The Kier molecular flexibility index (Phi) is 8.99. The smallest absolute Gasteiger partial charge is 0.261 e. The molecule has 0 unspecified atom stereocenters. The zero-order valence-corrected chi connectivity index (χ0v) is 19.2. The molecule has 1 N–H and O–H groups in total. The van der Waals surface area contributed by atoms with E-state index < -0.39 is 6.04 Å². The summed E-state index contributed by atoms with van der Waals surface area (Å²) in [6, 6.07) is 12.1. The first-order valence-corrected chi connectivity index (χ1v) is 10.7. The molecular weight excluding hydrogens is 456 g/mol. The molecule has 0 bridgehead atoms. The second-order valence-corrected chi connectivity index (χ2v) is 8.11. The minimum atomic E-state index is -0.625. The summed E-state index contributed by atoms with van der Waals surface area (Å²) in [6.45, 7) is 6.37. The van der Waals surface area contributed by atoms with Gasteiger partial charge in [0, 0.05) is 22.6 Å². The Morgan fingerprint density at radius 1 is 1.21 bits per heavy atom. The Balaban J connectivity index is 2.13. The number of hydrogen-bond acceptors (Lipinski definition) is 3. The van der Waals surface area contributed by atoms with Gasteiger partial charge >= 0.3 is 0 Å². The van der Waals surface area contributed by atoms with E-state index in [9.17, 15) is 9.59 Å². The van der Waals surface area contributed by atoms with E-state index in [1.165, 1.54) is 4.90 Å². The molecule has 0 aliphatic rings. The highest BCUT2D eigenvalue weighted by atomic mass is 79.9. The maximum atomic E-state index is 12.9. The van der Waals surface area contributed by atoms with Gasteiger partial charge in [0.2, 0.25) is 5.91 Å². The molecular formula is C22H26BrClN2O3. The van der Waals surface area contributed by atoms with Crippen LogP contribution in [0.4, 0.5) is 0 Å². The van der Waals surface area contributed by atoms with Crippen molar-refractivity contribution in [3.05, 3.63) is 63.1 Å². The van der Waals surface area contributed by atoms with Gasteiger partial charge in [-0.25, -0.2) is 0 Å². The third-order valence-electron chi connectivity index (χ3n) is 4.47. The summed E-state index contributed by atoms with van der Waals surface area (Å²) in [5, 5.41) is 3.47. The molecule has 2 aromatic carbocycles. The van der Waals surface area contributed by atoms with Gasteiger partial charge in [-0.3, -0.25) is 9.59 Å². The average molecular weight is 482 g/mol. The predicted molar refractivity (Wildman–Crippen MR) is 119 cm³/mol. The van der Waals surface area contributed by atoms with Crippen LogP contribution in [0.2, 0.25) is 5.02 Å². The summed E-state index contributed by atoms with van der Waals surface area (Å²) in [5.41, 5.74) is 1.90. The normalized spacial score (nSPS) is 11.6. The Labute approximate surface area is 185 Å². The summed E-state index contributed by atoms with van der Waals surface area (Å²) in [7, 11) is 0. The molecule has 2 rings (SSSR count). The number of nitrogens with one attached hydrogen (secondary N) is 1. The molecule has 1 atom stereocenters. The molecule has 0 aliphatic carbocycles. The van der Waals surface area contributed by atoms with Crippen molar-refractivity contribution >= 4 is 39.3 Å². The van der Waals surface area contributed by atoms with Crippen molar-refractivity contribution in [2.75, 3.05) is 13.2 Å². The Hall–Kier alpha value is -2.05. The van der Waals surface area contributed by atoms with E-state index in [0.29, 0.717) is 23.9 Å². The lowest BCUT2D eigenvalue weighted by Crippen LogP contribution is -2.49. The predicted octanol–water partition coefficient (Wildman–Crippen LogP) is 4.73. The van der Waals surface area contributed by atoms with E-state index >= 15 is 0 Å². The SMILES string of the molecule is CCCNC(=O)[C@H](C)N(Cc1ccc(Cl)cc1)C(=O)COc1ccc(Br)c(C)c1. The highest BCUT2D eigenvalue weighted by Gasteiger charge is 2.26. The maximum Gasteiger partial charge on any atom is 0.261 e. The zero-order valence-electron chi connectivity index (χ0n) is 16.9. The molecule has 29 heavy (non-hydrogen) atoms. The van der Waals surface area contributed by atoms with E-state index in [1.807, 2.05) is 38.1 Å². The minimum Gasteiger partial charge on any atom is -0.484 e. The van der Waals surface area contributed by atoms with Gasteiger partial charge in [0.25, 0.3) is 5.91 Å². The Morgan fingerprint density at radius 3 is 2.52 bits per heavy atom. The molecule has 0 radical (unpaired) electrons. The third kappa shape index (κ3) is 7.05. The number of amides is 2. The van der Waals surface area contributed by atoms with E-state index in [0.717, 1.165) is 22.0 Å². The Morgan fingerprint density at radius 2 is 1.90 bits per heavy atom. The number of rotatable bonds is 9. The van der Waals surface area contributed by atoms with Gasteiger partial charge in [-0.2, -0.15) is 0 Å². The highest BCUT2D eigenvalue weighted by Crippen LogP contribution is 2.22. The summed E-state index contributed by atoms with van der Waals surface area (Å²) in [4.78, 5) is 26.9. The quantitative estimate of drug-likeness (QED) is 0.563. The van der Waals surface area contributed by atoms with Crippen LogP contribution in [-0.4, -0.2) is 35.9 Å². The average Bonchev–Trinajstić information content (AvgIpc) is 2.71. The summed E-state index contributed by atoms with van der Waals surface area (Å²) in [5.74, 6) is 0.155. The first kappa shape index (κ1) is 23.2. The molecule has 156 valence electrons. The number of hydrogen-bond donors (Lipinski definition) is 1. The number of carbonyl (C=O) groups is 2. The molecule has 7 heteroatoms. The van der Waals surface area contributed by atoms with Gasteiger partial charge < -0.3 is 15.0 Å². The van der Waals surface area contributed by atoms with Crippen LogP contribution in [0, 0.1) is 6.92 Å². The second-order valence-electron chi connectivity index (χ2n) is 6.81. The number of halogens is 2. The molecule has 0 fully saturated rings. The molecule has 0 spiro atoms. The van der Waals surface area contributed by atoms with Crippen LogP contribution in [-0.2, 0) is 16.1 Å². The molecule has 0 heterocycles. The van der Waals surface area contributed by atoms with Crippen LogP contribution >= 0.6 is 27.5 Å². The fraction of sp³-hybridized carbons (Fsp3) is 0.364. The van der Waals surface area contributed by atoms with Gasteiger partial charge in [-0.05, 0) is 61.7 Å². The zero-order chi connectivity index (χ0) is 21.4. The van der Waals surface area contributed by atoms with Crippen LogP contribution in [0.1, 0.15) is 31.4 Å². The molecule has 2 amide bonds.